The molecule has 0 aliphatic carbocycles. The summed E-state index contributed by atoms with van der Waals surface area (Å²) >= 11 is 11.4. The van der Waals surface area contributed by atoms with Gasteiger partial charge in [0.2, 0.25) is 0 Å². The van der Waals surface area contributed by atoms with Crippen LogP contribution < -0.4 is 5.32 Å². The Labute approximate surface area is 117 Å². The molecule has 0 amide bonds. The lowest BCUT2D eigenvalue weighted by Gasteiger charge is -2.08. The number of aromatic carboxylic acids is 1. The molecule has 0 atom stereocenters. The second-order valence-corrected chi connectivity index (χ2v) is 4.45. The number of nitrogens with zero attached hydrogens (tertiary/aromatic N) is 1. The summed E-state index contributed by atoms with van der Waals surface area (Å²) in [5, 5.41) is 11.9. The van der Waals surface area contributed by atoms with E-state index in [1.807, 2.05) is 0 Å². The Balaban J connectivity index is 2.36. The number of hydrogen-bond donors (Lipinski definition) is 2. The number of carboxylic acids is 1. The molecule has 0 fully saturated rings. The van der Waals surface area contributed by atoms with Gasteiger partial charge in [-0.2, -0.15) is 0 Å². The van der Waals surface area contributed by atoms with Gasteiger partial charge in [-0.3, -0.25) is 0 Å². The molecule has 0 unspecified atom stereocenters. The molecular formula is C12H7Cl2FN2O2. The van der Waals surface area contributed by atoms with E-state index in [1.54, 1.807) is 0 Å². The van der Waals surface area contributed by atoms with Gasteiger partial charge in [0.1, 0.15) is 11.6 Å². The van der Waals surface area contributed by atoms with E-state index in [-0.39, 0.29) is 22.1 Å². The smallest absolute Gasteiger partial charge is 0.337 e. The van der Waals surface area contributed by atoms with Gasteiger partial charge >= 0.3 is 5.97 Å². The molecule has 0 spiro atoms. The summed E-state index contributed by atoms with van der Waals surface area (Å²) < 4.78 is 13.5. The fraction of sp³-hybridized carbons (Fsp3) is 0. The fourth-order valence-corrected chi connectivity index (χ4v) is 1.76. The highest BCUT2D eigenvalue weighted by molar-refractivity contribution is 6.33. The number of pyridine rings is 1. The van der Waals surface area contributed by atoms with Gasteiger partial charge in [-0.05, 0) is 24.3 Å². The van der Waals surface area contributed by atoms with Crippen LogP contribution >= 0.6 is 23.2 Å². The molecule has 4 nitrogen and oxygen atoms in total. The quantitative estimate of drug-likeness (QED) is 0.900. The normalized spacial score (nSPS) is 10.3. The summed E-state index contributed by atoms with van der Waals surface area (Å²) in [7, 11) is 0. The third-order valence-corrected chi connectivity index (χ3v) is 2.81. The van der Waals surface area contributed by atoms with Crippen LogP contribution in [0.1, 0.15) is 10.4 Å². The number of nitrogens with one attached hydrogen (secondary N) is 1. The van der Waals surface area contributed by atoms with Gasteiger partial charge in [-0.25, -0.2) is 14.2 Å². The third-order valence-electron chi connectivity index (χ3n) is 2.28. The molecule has 7 heteroatoms. The van der Waals surface area contributed by atoms with E-state index in [4.69, 9.17) is 28.3 Å². The van der Waals surface area contributed by atoms with Crippen molar-refractivity contribution < 1.29 is 14.3 Å². The Kier molecular flexibility index (Phi) is 3.87. The Hall–Kier alpha value is -1.85. The van der Waals surface area contributed by atoms with Gasteiger partial charge in [0.25, 0.3) is 0 Å². The minimum atomic E-state index is -1.19. The van der Waals surface area contributed by atoms with Crippen LogP contribution in [0.2, 0.25) is 10.0 Å². The van der Waals surface area contributed by atoms with Gasteiger partial charge in [0.05, 0.1) is 16.3 Å². The molecular weight excluding hydrogens is 294 g/mol. The number of rotatable bonds is 3. The molecule has 98 valence electrons. The van der Waals surface area contributed by atoms with Crippen LogP contribution in [-0.2, 0) is 0 Å². The zero-order chi connectivity index (χ0) is 14.0. The minimum absolute atomic E-state index is 0.00427. The zero-order valence-corrected chi connectivity index (χ0v) is 10.8. The van der Waals surface area contributed by atoms with E-state index in [1.165, 1.54) is 30.5 Å². The Bertz CT molecular complexity index is 650. The number of anilines is 2. The summed E-state index contributed by atoms with van der Waals surface area (Å²) in [6.45, 7) is 0. The largest absolute Gasteiger partial charge is 0.478 e. The van der Waals surface area contributed by atoms with Crippen molar-refractivity contribution in [2.45, 2.75) is 0 Å². The van der Waals surface area contributed by atoms with Crippen molar-refractivity contribution >= 4 is 40.7 Å². The number of benzene rings is 1. The Morgan fingerprint density at radius 2 is 2.05 bits per heavy atom. The van der Waals surface area contributed by atoms with E-state index >= 15 is 0 Å². The van der Waals surface area contributed by atoms with E-state index < -0.39 is 11.8 Å². The number of carboxylic acid groups (broad SMARTS) is 1. The summed E-state index contributed by atoms with van der Waals surface area (Å²) in [6.07, 6.45) is 1.18. The summed E-state index contributed by atoms with van der Waals surface area (Å²) in [5.74, 6) is -1.57. The van der Waals surface area contributed by atoms with Crippen molar-refractivity contribution in [3.63, 3.8) is 0 Å². The van der Waals surface area contributed by atoms with Gasteiger partial charge in [0, 0.05) is 11.2 Å². The van der Waals surface area contributed by atoms with Crippen LogP contribution in [0.3, 0.4) is 0 Å². The summed E-state index contributed by atoms with van der Waals surface area (Å²) in [6, 6.07) is 5.18. The maximum Gasteiger partial charge on any atom is 0.337 e. The molecule has 0 saturated carbocycles. The van der Waals surface area contributed by atoms with Gasteiger partial charge < -0.3 is 10.4 Å². The summed E-state index contributed by atoms with van der Waals surface area (Å²) in [4.78, 5) is 14.8. The maximum absolute atomic E-state index is 13.5. The predicted octanol–water partition coefficient (Wildman–Crippen LogP) is 3.97. The van der Waals surface area contributed by atoms with Crippen LogP contribution in [0.25, 0.3) is 0 Å². The van der Waals surface area contributed by atoms with Crippen LogP contribution in [0.15, 0.2) is 30.5 Å². The Morgan fingerprint density at radius 3 is 2.74 bits per heavy atom. The van der Waals surface area contributed by atoms with Crippen molar-refractivity contribution in [1.29, 1.82) is 0 Å². The first kappa shape index (κ1) is 13.6. The first-order valence-electron chi connectivity index (χ1n) is 5.08. The van der Waals surface area contributed by atoms with Crippen LogP contribution in [0, 0.1) is 5.82 Å². The van der Waals surface area contributed by atoms with Gasteiger partial charge in [-0.15, -0.1) is 0 Å². The molecule has 19 heavy (non-hydrogen) atoms. The predicted molar refractivity (Wildman–Crippen MR) is 70.9 cm³/mol. The molecule has 0 aliphatic rings. The highest BCUT2D eigenvalue weighted by Gasteiger charge is 2.11. The molecule has 1 aromatic heterocycles. The summed E-state index contributed by atoms with van der Waals surface area (Å²) in [5.41, 5.74) is -0.0275. The van der Waals surface area contributed by atoms with E-state index in [9.17, 15) is 9.18 Å². The number of carbonyl (C=O) groups is 1. The van der Waals surface area contributed by atoms with Crippen molar-refractivity contribution in [2.24, 2.45) is 0 Å². The average molecular weight is 301 g/mol. The molecule has 2 aromatic rings. The fourth-order valence-electron chi connectivity index (χ4n) is 1.40. The first-order chi connectivity index (χ1) is 8.97. The molecule has 0 saturated heterocycles. The first-order valence-corrected chi connectivity index (χ1v) is 5.84. The highest BCUT2D eigenvalue weighted by atomic mass is 35.5. The van der Waals surface area contributed by atoms with Gasteiger partial charge in [0.15, 0.2) is 0 Å². The maximum atomic E-state index is 13.5. The average Bonchev–Trinajstić information content (AvgIpc) is 2.36. The van der Waals surface area contributed by atoms with Crippen molar-refractivity contribution in [3.8, 4) is 0 Å². The highest BCUT2D eigenvalue weighted by Crippen LogP contribution is 2.24. The van der Waals surface area contributed by atoms with Crippen LogP contribution in [0.4, 0.5) is 15.9 Å². The number of hydrogen-bond acceptors (Lipinski definition) is 3. The van der Waals surface area contributed by atoms with Gasteiger partial charge in [-0.1, -0.05) is 23.2 Å². The van der Waals surface area contributed by atoms with Crippen molar-refractivity contribution in [2.75, 3.05) is 5.32 Å². The molecule has 1 heterocycles. The van der Waals surface area contributed by atoms with Crippen LogP contribution in [0.5, 0.6) is 0 Å². The molecule has 0 aliphatic heterocycles. The second kappa shape index (κ2) is 5.42. The number of halogens is 3. The van der Waals surface area contributed by atoms with Crippen LogP contribution in [-0.4, -0.2) is 16.1 Å². The molecule has 2 rings (SSSR count). The van der Waals surface area contributed by atoms with Crippen molar-refractivity contribution in [1.82, 2.24) is 4.98 Å². The molecule has 0 radical (unpaired) electrons. The topological polar surface area (TPSA) is 62.2 Å². The molecule has 0 bridgehead atoms. The third kappa shape index (κ3) is 3.13. The monoisotopic (exact) mass is 300 g/mol. The lowest BCUT2D eigenvalue weighted by molar-refractivity contribution is 0.0697. The van der Waals surface area contributed by atoms with E-state index in [2.05, 4.69) is 10.3 Å². The second-order valence-electron chi connectivity index (χ2n) is 3.60. The Morgan fingerprint density at radius 1 is 1.32 bits per heavy atom. The lowest BCUT2D eigenvalue weighted by atomic mass is 10.2. The SMILES string of the molecule is O=C(O)c1cc(Nc2cc(Cl)ccc2F)ncc1Cl. The minimum Gasteiger partial charge on any atom is -0.478 e. The van der Waals surface area contributed by atoms with E-state index in [0.29, 0.717) is 5.02 Å². The zero-order valence-electron chi connectivity index (χ0n) is 9.32. The standard InChI is InChI=1S/C12H7Cl2FN2O2/c13-6-1-2-9(15)10(3-6)17-11-4-7(12(18)19)8(14)5-16-11/h1-5H,(H,16,17)(H,18,19). The number of aromatic nitrogens is 1. The molecule has 2 N–H and O–H groups in total. The molecule has 1 aromatic carbocycles. The van der Waals surface area contributed by atoms with Crippen molar-refractivity contribution in [3.05, 3.63) is 51.9 Å². The lowest BCUT2D eigenvalue weighted by Crippen LogP contribution is -2.02. The van der Waals surface area contributed by atoms with E-state index in [0.717, 1.165) is 0 Å².